The SMILES string of the molecule is COc1cc(OC)c2c(=O)cc(-c3ccccc3Cl)oc2c1[C@H]1CCN(C)[C@@H]1CO.O=[N+]([O-])O. The van der Waals surface area contributed by atoms with Crippen LogP contribution in [0.5, 0.6) is 11.5 Å². The Bertz CT molecular complexity index is 1240. The van der Waals surface area contributed by atoms with Crippen molar-refractivity contribution in [2.24, 2.45) is 0 Å². The number of methoxy groups -OCH3 is 2. The summed E-state index contributed by atoms with van der Waals surface area (Å²) in [4.78, 5) is 23.6. The highest BCUT2D eigenvalue weighted by molar-refractivity contribution is 6.33. The number of aliphatic hydroxyl groups is 1. The average molecular weight is 493 g/mol. The zero-order valence-electron chi connectivity index (χ0n) is 18.9. The molecule has 0 unspecified atom stereocenters. The average Bonchev–Trinajstić information content (AvgIpc) is 3.17. The molecule has 0 aliphatic carbocycles. The summed E-state index contributed by atoms with van der Waals surface area (Å²) in [6, 6.07) is 10.3. The lowest BCUT2D eigenvalue weighted by molar-refractivity contribution is -0.742. The molecule has 1 fully saturated rings. The first-order valence-corrected chi connectivity index (χ1v) is 10.7. The molecule has 1 saturated heterocycles. The molecule has 4 rings (SSSR count). The van der Waals surface area contributed by atoms with E-state index >= 15 is 0 Å². The minimum Gasteiger partial charge on any atom is -0.496 e. The third kappa shape index (κ3) is 4.93. The fraction of sp³-hybridized carbons (Fsp3) is 0.348. The molecule has 1 aliphatic rings. The molecule has 0 amide bonds. The van der Waals surface area contributed by atoms with Gasteiger partial charge in [0.05, 0.1) is 25.8 Å². The standard InChI is InChI=1S/C23H24ClNO5.HNO3/c1-25-9-8-14(16(25)12-26)21-19(28-2)11-20(29-3)22-17(27)10-18(30-23(21)22)13-6-4-5-7-15(13)24;2-1(3)4/h4-7,10-11,14,16,26H,8-9,12H2,1-3H3;(H,2,3,4)/t14-,16+;/m0./s1. The molecule has 182 valence electrons. The van der Waals surface area contributed by atoms with Gasteiger partial charge in [-0.05, 0) is 32.1 Å². The summed E-state index contributed by atoms with van der Waals surface area (Å²) in [7, 11) is 5.06. The van der Waals surface area contributed by atoms with Crippen LogP contribution >= 0.6 is 11.6 Å². The van der Waals surface area contributed by atoms with Crippen LogP contribution in [-0.4, -0.2) is 60.8 Å². The van der Waals surface area contributed by atoms with Crippen LogP contribution in [0.25, 0.3) is 22.3 Å². The molecule has 0 saturated carbocycles. The molecular weight excluding hydrogens is 468 g/mol. The van der Waals surface area contributed by atoms with Crippen LogP contribution < -0.4 is 14.9 Å². The van der Waals surface area contributed by atoms with Crippen molar-refractivity contribution in [3.8, 4) is 22.8 Å². The summed E-state index contributed by atoms with van der Waals surface area (Å²) in [6.07, 6.45) is 0.805. The summed E-state index contributed by atoms with van der Waals surface area (Å²) in [6.45, 7) is 0.813. The van der Waals surface area contributed by atoms with E-state index < -0.39 is 5.09 Å². The summed E-state index contributed by atoms with van der Waals surface area (Å²) in [5.41, 5.74) is 1.59. The van der Waals surface area contributed by atoms with Gasteiger partial charge in [-0.3, -0.25) is 4.79 Å². The molecule has 34 heavy (non-hydrogen) atoms. The topological polar surface area (TPSA) is 136 Å². The van der Waals surface area contributed by atoms with Crippen molar-refractivity contribution >= 4 is 22.6 Å². The number of ether oxygens (including phenoxy) is 2. The third-order valence-corrected chi connectivity index (χ3v) is 6.26. The van der Waals surface area contributed by atoms with Gasteiger partial charge in [0.15, 0.2) is 5.43 Å². The zero-order valence-corrected chi connectivity index (χ0v) is 19.6. The van der Waals surface area contributed by atoms with Gasteiger partial charge in [-0.15, -0.1) is 10.1 Å². The number of likely N-dealkylation sites (tertiary alicyclic amines) is 1. The molecular formula is C23H25ClN2O8. The van der Waals surface area contributed by atoms with Crippen LogP contribution in [0.1, 0.15) is 17.9 Å². The van der Waals surface area contributed by atoms with E-state index in [2.05, 4.69) is 4.90 Å². The molecule has 2 heterocycles. The van der Waals surface area contributed by atoms with Crippen LogP contribution in [0.4, 0.5) is 0 Å². The fourth-order valence-corrected chi connectivity index (χ4v) is 4.61. The maximum Gasteiger partial charge on any atom is 0.291 e. The molecule has 1 aromatic heterocycles. The molecule has 0 spiro atoms. The van der Waals surface area contributed by atoms with Gasteiger partial charge in [0.1, 0.15) is 28.2 Å². The lowest BCUT2D eigenvalue weighted by Gasteiger charge is -2.25. The second kappa shape index (κ2) is 10.7. The number of rotatable bonds is 5. The normalized spacial score (nSPS) is 17.8. The van der Waals surface area contributed by atoms with E-state index in [0.29, 0.717) is 38.8 Å². The summed E-state index contributed by atoms with van der Waals surface area (Å²) < 4.78 is 17.5. The van der Waals surface area contributed by atoms with Gasteiger partial charge in [-0.25, -0.2) is 0 Å². The monoisotopic (exact) mass is 492 g/mol. The quantitative estimate of drug-likeness (QED) is 0.404. The number of benzene rings is 2. The highest BCUT2D eigenvalue weighted by Crippen LogP contribution is 2.45. The Morgan fingerprint density at radius 2 is 1.88 bits per heavy atom. The van der Waals surface area contributed by atoms with Gasteiger partial charge in [0.25, 0.3) is 5.09 Å². The number of likely N-dealkylation sites (N-methyl/N-ethyl adjacent to an activating group) is 1. The Morgan fingerprint density at radius 1 is 1.24 bits per heavy atom. The first-order valence-electron chi connectivity index (χ1n) is 10.3. The van der Waals surface area contributed by atoms with E-state index in [1.165, 1.54) is 13.2 Å². The van der Waals surface area contributed by atoms with E-state index in [-0.39, 0.29) is 24.0 Å². The molecule has 0 radical (unpaired) electrons. The van der Waals surface area contributed by atoms with Crippen LogP contribution in [-0.2, 0) is 0 Å². The third-order valence-electron chi connectivity index (χ3n) is 5.93. The van der Waals surface area contributed by atoms with Crippen molar-refractivity contribution in [2.75, 3.05) is 34.4 Å². The van der Waals surface area contributed by atoms with Gasteiger partial charge >= 0.3 is 0 Å². The number of hydrogen-bond acceptors (Lipinski definition) is 8. The highest BCUT2D eigenvalue weighted by Gasteiger charge is 2.37. The molecule has 2 aromatic carbocycles. The van der Waals surface area contributed by atoms with Crippen molar-refractivity contribution in [2.45, 2.75) is 18.4 Å². The molecule has 3 aromatic rings. The van der Waals surface area contributed by atoms with Crippen molar-refractivity contribution in [1.82, 2.24) is 4.90 Å². The van der Waals surface area contributed by atoms with Crippen molar-refractivity contribution in [1.29, 1.82) is 0 Å². The van der Waals surface area contributed by atoms with E-state index in [0.717, 1.165) is 18.5 Å². The molecule has 0 bridgehead atoms. The first kappa shape index (κ1) is 25.3. The van der Waals surface area contributed by atoms with Gasteiger partial charge in [0, 0.05) is 35.2 Å². The number of aliphatic hydroxyl groups excluding tert-OH is 1. The lowest BCUT2D eigenvalue weighted by atomic mass is 9.89. The first-order chi connectivity index (χ1) is 16.2. The number of nitrogens with zero attached hydrogens (tertiary/aromatic N) is 2. The predicted molar refractivity (Wildman–Crippen MR) is 126 cm³/mol. The van der Waals surface area contributed by atoms with Crippen LogP contribution in [0.3, 0.4) is 0 Å². The van der Waals surface area contributed by atoms with Crippen molar-refractivity contribution < 1.29 is 29.3 Å². The number of halogens is 1. The minimum atomic E-state index is -1.50. The smallest absolute Gasteiger partial charge is 0.291 e. The number of hydrogen-bond donors (Lipinski definition) is 2. The predicted octanol–water partition coefficient (Wildman–Crippen LogP) is 3.56. The van der Waals surface area contributed by atoms with Crippen LogP contribution in [0.15, 0.2) is 45.6 Å². The largest absolute Gasteiger partial charge is 0.496 e. The van der Waals surface area contributed by atoms with E-state index in [9.17, 15) is 9.90 Å². The Hall–Kier alpha value is -3.34. The Labute approximate surface area is 200 Å². The Morgan fingerprint density at radius 3 is 2.47 bits per heavy atom. The summed E-state index contributed by atoms with van der Waals surface area (Å²) >= 11 is 6.36. The van der Waals surface area contributed by atoms with Gasteiger partial charge < -0.3 is 29.1 Å². The van der Waals surface area contributed by atoms with Gasteiger partial charge in [-0.1, -0.05) is 23.7 Å². The minimum absolute atomic E-state index is 0.00766. The van der Waals surface area contributed by atoms with Gasteiger partial charge in [-0.2, -0.15) is 0 Å². The molecule has 1 aliphatic heterocycles. The maximum atomic E-state index is 13.2. The Kier molecular flexibility index (Phi) is 7.98. The molecule has 10 nitrogen and oxygen atoms in total. The van der Waals surface area contributed by atoms with Crippen LogP contribution in [0.2, 0.25) is 5.02 Å². The van der Waals surface area contributed by atoms with E-state index in [4.69, 9.17) is 40.8 Å². The molecule has 2 atom stereocenters. The molecule has 11 heteroatoms. The van der Waals surface area contributed by atoms with Crippen LogP contribution in [0, 0.1) is 10.1 Å². The second-order valence-electron chi connectivity index (χ2n) is 7.72. The lowest BCUT2D eigenvalue weighted by Crippen LogP contribution is -2.32. The van der Waals surface area contributed by atoms with E-state index in [1.54, 1.807) is 19.2 Å². The fourth-order valence-electron chi connectivity index (χ4n) is 4.38. The highest BCUT2D eigenvalue weighted by atomic mass is 35.5. The Balaban J connectivity index is 0.000000751. The molecule has 2 N–H and O–H groups in total. The summed E-state index contributed by atoms with van der Waals surface area (Å²) in [5, 5.41) is 24.5. The van der Waals surface area contributed by atoms with Gasteiger partial charge in [0.2, 0.25) is 0 Å². The van der Waals surface area contributed by atoms with E-state index in [1.807, 2.05) is 25.2 Å². The summed E-state index contributed by atoms with van der Waals surface area (Å²) in [5.74, 6) is 1.27. The second-order valence-corrected chi connectivity index (χ2v) is 8.12. The van der Waals surface area contributed by atoms with Crippen molar-refractivity contribution in [3.63, 3.8) is 0 Å². The number of fused-ring (bicyclic) bond motifs is 1. The zero-order chi connectivity index (χ0) is 25.0. The maximum absolute atomic E-state index is 13.2. The van der Waals surface area contributed by atoms with Crippen molar-refractivity contribution in [3.05, 3.63) is 67.3 Å².